The summed E-state index contributed by atoms with van der Waals surface area (Å²) in [4.78, 5) is 20.0. The first-order chi connectivity index (χ1) is 9.09. The SMILES string of the molecule is CC1OC(C)C(C(=O)c2c[nH]c3ncccc23)C1C. The predicted octanol–water partition coefficient (Wildman–Crippen LogP) is 2.81. The lowest BCUT2D eigenvalue weighted by molar-refractivity contribution is 0.0491. The third kappa shape index (κ3) is 1.87. The summed E-state index contributed by atoms with van der Waals surface area (Å²) >= 11 is 0. The number of nitrogens with zero attached hydrogens (tertiary/aromatic N) is 1. The Kier molecular flexibility index (Phi) is 2.90. The monoisotopic (exact) mass is 258 g/mol. The fourth-order valence-electron chi connectivity index (χ4n) is 3.06. The second-order valence-corrected chi connectivity index (χ2v) is 5.40. The summed E-state index contributed by atoms with van der Waals surface area (Å²) in [7, 11) is 0. The molecule has 3 rings (SSSR count). The number of hydrogen-bond donors (Lipinski definition) is 1. The molecule has 4 unspecified atom stereocenters. The largest absolute Gasteiger partial charge is 0.374 e. The van der Waals surface area contributed by atoms with Gasteiger partial charge in [-0.2, -0.15) is 0 Å². The second-order valence-electron chi connectivity index (χ2n) is 5.40. The number of Topliss-reactive ketones (excluding diaryl/α,β-unsaturated/α-hetero) is 1. The molecular formula is C15H18N2O2. The molecule has 0 aromatic carbocycles. The zero-order chi connectivity index (χ0) is 13.6. The molecule has 0 bridgehead atoms. The molecule has 0 spiro atoms. The number of carbonyl (C=O) groups excluding carboxylic acids is 1. The van der Waals surface area contributed by atoms with Crippen molar-refractivity contribution in [3.8, 4) is 0 Å². The Hall–Kier alpha value is -1.68. The summed E-state index contributed by atoms with van der Waals surface area (Å²) in [5, 5.41) is 0.895. The van der Waals surface area contributed by atoms with Crippen molar-refractivity contribution in [2.75, 3.05) is 0 Å². The number of rotatable bonds is 2. The van der Waals surface area contributed by atoms with Crippen LogP contribution in [0.3, 0.4) is 0 Å². The lowest BCUT2D eigenvalue weighted by Crippen LogP contribution is -2.26. The molecule has 4 heteroatoms. The number of nitrogens with one attached hydrogen (secondary N) is 1. The average molecular weight is 258 g/mol. The standard InChI is InChI=1S/C15H18N2O2/c1-8-9(2)19-10(3)13(8)14(18)12-7-17-15-11(12)5-4-6-16-15/h4-10,13H,1-3H3,(H,16,17). The molecule has 1 saturated heterocycles. The number of carbonyl (C=O) groups is 1. The predicted molar refractivity (Wildman–Crippen MR) is 73.1 cm³/mol. The van der Waals surface area contributed by atoms with Gasteiger partial charge in [-0.3, -0.25) is 4.79 Å². The average Bonchev–Trinajstić information content (AvgIpc) is 2.91. The first-order valence-electron chi connectivity index (χ1n) is 6.71. The van der Waals surface area contributed by atoms with Gasteiger partial charge in [-0.15, -0.1) is 0 Å². The molecule has 4 atom stereocenters. The molecule has 1 aliphatic heterocycles. The number of pyridine rings is 1. The number of hydrogen-bond acceptors (Lipinski definition) is 3. The van der Waals surface area contributed by atoms with Crippen LogP contribution in [0.5, 0.6) is 0 Å². The Labute approximate surface area is 112 Å². The Bertz CT molecular complexity index is 619. The molecule has 1 fully saturated rings. The van der Waals surface area contributed by atoms with Crippen molar-refractivity contribution < 1.29 is 9.53 Å². The first-order valence-corrected chi connectivity index (χ1v) is 6.71. The molecule has 2 aromatic rings. The summed E-state index contributed by atoms with van der Waals surface area (Å²) in [5.74, 6) is 0.321. The minimum atomic E-state index is -0.0748. The zero-order valence-corrected chi connectivity index (χ0v) is 11.4. The number of ketones is 1. The van der Waals surface area contributed by atoms with Crippen molar-refractivity contribution in [2.24, 2.45) is 11.8 Å². The minimum Gasteiger partial charge on any atom is -0.374 e. The van der Waals surface area contributed by atoms with Gasteiger partial charge in [0, 0.05) is 23.3 Å². The van der Waals surface area contributed by atoms with E-state index in [9.17, 15) is 4.79 Å². The molecule has 0 saturated carbocycles. The van der Waals surface area contributed by atoms with Crippen LogP contribution in [-0.4, -0.2) is 28.0 Å². The molecule has 0 radical (unpaired) electrons. The third-order valence-electron chi connectivity index (χ3n) is 4.26. The van der Waals surface area contributed by atoms with E-state index in [2.05, 4.69) is 16.9 Å². The number of ether oxygens (including phenoxy) is 1. The molecule has 19 heavy (non-hydrogen) atoms. The van der Waals surface area contributed by atoms with E-state index in [1.807, 2.05) is 26.0 Å². The van der Waals surface area contributed by atoms with Crippen LogP contribution < -0.4 is 0 Å². The quantitative estimate of drug-likeness (QED) is 0.843. The van der Waals surface area contributed by atoms with Gasteiger partial charge in [0.1, 0.15) is 5.65 Å². The lowest BCUT2D eigenvalue weighted by atomic mass is 9.83. The van der Waals surface area contributed by atoms with E-state index in [0.717, 1.165) is 16.6 Å². The van der Waals surface area contributed by atoms with Gasteiger partial charge in [-0.1, -0.05) is 6.92 Å². The molecule has 2 aromatic heterocycles. The van der Waals surface area contributed by atoms with Crippen molar-refractivity contribution in [2.45, 2.75) is 33.0 Å². The molecular weight excluding hydrogens is 240 g/mol. The summed E-state index contributed by atoms with van der Waals surface area (Å²) < 4.78 is 5.77. The Balaban J connectivity index is 2.00. The highest BCUT2D eigenvalue weighted by atomic mass is 16.5. The van der Waals surface area contributed by atoms with Crippen LogP contribution in [0.4, 0.5) is 0 Å². The highest BCUT2D eigenvalue weighted by Crippen LogP contribution is 2.35. The van der Waals surface area contributed by atoms with E-state index in [0.29, 0.717) is 0 Å². The maximum atomic E-state index is 12.8. The van der Waals surface area contributed by atoms with Gasteiger partial charge in [-0.05, 0) is 31.9 Å². The van der Waals surface area contributed by atoms with Gasteiger partial charge in [-0.25, -0.2) is 4.98 Å². The number of H-pyrrole nitrogens is 1. The van der Waals surface area contributed by atoms with Crippen molar-refractivity contribution in [1.82, 2.24) is 9.97 Å². The van der Waals surface area contributed by atoms with Gasteiger partial charge in [0.2, 0.25) is 0 Å². The molecule has 1 N–H and O–H groups in total. The van der Waals surface area contributed by atoms with E-state index in [1.165, 1.54) is 0 Å². The number of fused-ring (bicyclic) bond motifs is 1. The van der Waals surface area contributed by atoms with Crippen LogP contribution in [0.2, 0.25) is 0 Å². The van der Waals surface area contributed by atoms with Crippen molar-refractivity contribution in [3.05, 3.63) is 30.1 Å². The fraction of sp³-hybridized carbons (Fsp3) is 0.467. The van der Waals surface area contributed by atoms with Crippen LogP contribution in [0.1, 0.15) is 31.1 Å². The second kappa shape index (κ2) is 4.46. The summed E-state index contributed by atoms with van der Waals surface area (Å²) in [6.45, 7) is 6.10. The maximum Gasteiger partial charge on any atom is 0.171 e. The van der Waals surface area contributed by atoms with Crippen LogP contribution in [-0.2, 0) is 4.74 Å². The molecule has 0 aliphatic carbocycles. The minimum absolute atomic E-state index is 0.0286. The van der Waals surface area contributed by atoms with Crippen LogP contribution in [0.25, 0.3) is 11.0 Å². The van der Waals surface area contributed by atoms with E-state index in [4.69, 9.17) is 4.74 Å². The summed E-state index contributed by atoms with van der Waals surface area (Å²) in [6.07, 6.45) is 3.59. The van der Waals surface area contributed by atoms with Crippen LogP contribution in [0.15, 0.2) is 24.5 Å². The number of aromatic amines is 1. The smallest absolute Gasteiger partial charge is 0.171 e. The molecule has 0 amide bonds. The fourth-order valence-corrected chi connectivity index (χ4v) is 3.06. The summed E-state index contributed by atoms with van der Waals surface area (Å²) in [5.41, 5.74) is 1.49. The van der Waals surface area contributed by atoms with Gasteiger partial charge < -0.3 is 9.72 Å². The van der Waals surface area contributed by atoms with Crippen molar-refractivity contribution in [1.29, 1.82) is 0 Å². The molecule has 4 nitrogen and oxygen atoms in total. The molecule has 100 valence electrons. The van der Waals surface area contributed by atoms with E-state index in [1.54, 1.807) is 12.4 Å². The van der Waals surface area contributed by atoms with Crippen molar-refractivity contribution >= 4 is 16.8 Å². The van der Waals surface area contributed by atoms with Crippen LogP contribution >= 0.6 is 0 Å². The van der Waals surface area contributed by atoms with E-state index in [-0.39, 0.29) is 29.8 Å². The Morgan fingerprint density at radius 3 is 2.79 bits per heavy atom. The highest BCUT2D eigenvalue weighted by Gasteiger charge is 2.42. The summed E-state index contributed by atoms with van der Waals surface area (Å²) in [6, 6.07) is 3.79. The topological polar surface area (TPSA) is 55.0 Å². The Morgan fingerprint density at radius 2 is 2.11 bits per heavy atom. The zero-order valence-electron chi connectivity index (χ0n) is 11.4. The van der Waals surface area contributed by atoms with Gasteiger partial charge in [0.15, 0.2) is 5.78 Å². The van der Waals surface area contributed by atoms with E-state index < -0.39 is 0 Å². The van der Waals surface area contributed by atoms with Crippen LogP contribution in [0, 0.1) is 11.8 Å². The molecule has 3 heterocycles. The van der Waals surface area contributed by atoms with Gasteiger partial charge in [0.25, 0.3) is 0 Å². The van der Waals surface area contributed by atoms with E-state index >= 15 is 0 Å². The van der Waals surface area contributed by atoms with Gasteiger partial charge >= 0.3 is 0 Å². The van der Waals surface area contributed by atoms with Crippen molar-refractivity contribution in [3.63, 3.8) is 0 Å². The highest BCUT2D eigenvalue weighted by molar-refractivity contribution is 6.08. The normalized spacial score (nSPS) is 30.9. The van der Waals surface area contributed by atoms with Gasteiger partial charge in [0.05, 0.1) is 18.1 Å². The lowest BCUT2D eigenvalue weighted by Gasteiger charge is -2.16. The first kappa shape index (κ1) is 12.4. The number of aromatic nitrogens is 2. The maximum absolute atomic E-state index is 12.8. The Morgan fingerprint density at radius 1 is 1.32 bits per heavy atom. The molecule has 1 aliphatic rings. The third-order valence-corrected chi connectivity index (χ3v) is 4.26.